The van der Waals surface area contributed by atoms with Crippen molar-refractivity contribution in [2.45, 2.75) is 57.5 Å². The van der Waals surface area contributed by atoms with Crippen LogP contribution in [0.4, 0.5) is 0 Å². The van der Waals surface area contributed by atoms with Crippen LogP contribution in [0.1, 0.15) is 56.1 Å². The number of benzene rings is 1. The highest BCUT2D eigenvalue weighted by Crippen LogP contribution is 2.61. The van der Waals surface area contributed by atoms with Crippen molar-refractivity contribution in [3.05, 3.63) is 26.1 Å². The molecule has 3 aliphatic rings. The maximum Gasteiger partial charge on any atom is 0.144 e. The van der Waals surface area contributed by atoms with Crippen LogP contribution in [0.15, 0.2) is 15.0 Å². The number of phenolic OH excluding ortho intramolecular Hbond substituents is 1. The molecule has 4 heteroatoms. The van der Waals surface area contributed by atoms with E-state index in [1.807, 2.05) is 0 Å². The van der Waals surface area contributed by atoms with E-state index in [-0.39, 0.29) is 11.5 Å². The number of aliphatic hydroxyl groups excluding tert-OH is 1. The number of hydrogen-bond donors (Lipinski definition) is 2. The number of fused-ring (bicyclic) bond motifs is 5. The summed E-state index contributed by atoms with van der Waals surface area (Å²) in [6, 6.07) is 2.14. The molecule has 0 aliphatic heterocycles. The SMILES string of the molecule is C[C@]12CC[C@@H]3c4cc(Br)c(O)c(Br)c4CC[C@@H]3[C@H]1CC[C@@H]2O. The smallest absolute Gasteiger partial charge is 0.144 e. The van der Waals surface area contributed by atoms with Crippen LogP contribution in [0.25, 0.3) is 0 Å². The molecule has 0 heterocycles. The molecule has 0 unspecified atom stereocenters. The Morgan fingerprint density at radius 2 is 1.95 bits per heavy atom. The van der Waals surface area contributed by atoms with Gasteiger partial charge in [-0.2, -0.15) is 0 Å². The van der Waals surface area contributed by atoms with Crippen molar-refractivity contribution in [1.82, 2.24) is 0 Å². The predicted molar refractivity (Wildman–Crippen MR) is 94.1 cm³/mol. The Morgan fingerprint density at radius 1 is 1.18 bits per heavy atom. The number of phenols is 1. The fourth-order valence-electron chi connectivity index (χ4n) is 5.61. The van der Waals surface area contributed by atoms with E-state index in [2.05, 4.69) is 44.8 Å². The first-order valence-electron chi connectivity index (χ1n) is 8.31. The van der Waals surface area contributed by atoms with Gasteiger partial charge in [-0.3, -0.25) is 0 Å². The molecule has 22 heavy (non-hydrogen) atoms. The Morgan fingerprint density at radius 3 is 2.73 bits per heavy atom. The minimum Gasteiger partial charge on any atom is -0.506 e. The molecule has 2 N–H and O–H groups in total. The van der Waals surface area contributed by atoms with Gasteiger partial charge in [0.25, 0.3) is 0 Å². The Labute approximate surface area is 148 Å². The van der Waals surface area contributed by atoms with Gasteiger partial charge in [0.1, 0.15) is 5.75 Å². The minimum atomic E-state index is -0.113. The second kappa shape index (κ2) is 5.22. The van der Waals surface area contributed by atoms with Gasteiger partial charge in [-0.1, -0.05) is 6.92 Å². The first-order valence-corrected chi connectivity index (χ1v) is 9.90. The van der Waals surface area contributed by atoms with E-state index >= 15 is 0 Å². The van der Waals surface area contributed by atoms with Gasteiger partial charge in [0.2, 0.25) is 0 Å². The van der Waals surface area contributed by atoms with Crippen molar-refractivity contribution < 1.29 is 10.2 Å². The van der Waals surface area contributed by atoms with Crippen molar-refractivity contribution in [3.63, 3.8) is 0 Å². The summed E-state index contributed by atoms with van der Waals surface area (Å²) in [4.78, 5) is 0. The van der Waals surface area contributed by atoms with Crippen LogP contribution in [0.3, 0.4) is 0 Å². The van der Waals surface area contributed by atoms with Gasteiger partial charge in [0.05, 0.1) is 15.0 Å². The van der Waals surface area contributed by atoms with E-state index in [0.717, 1.165) is 34.6 Å². The molecule has 2 nitrogen and oxygen atoms in total. The molecule has 0 aromatic heterocycles. The third-order valence-corrected chi connectivity index (χ3v) is 8.30. The highest BCUT2D eigenvalue weighted by Gasteiger charge is 2.54. The molecule has 2 fully saturated rings. The van der Waals surface area contributed by atoms with E-state index in [1.54, 1.807) is 0 Å². The van der Waals surface area contributed by atoms with Crippen LogP contribution in [0.2, 0.25) is 0 Å². The third-order valence-electron chi connectivity index (χ3n) is 6.84. The molecular weight excluding hydrogens is 408 g/mol. The largest absolute Gasteiger partial charge is 0.506 e. The Kier molecular flexibility index (Phi) is 3.67. The molecule has 120 valence electrons. The Balaban J connectivity index is 1.76. The average molecular weight is 430 g/mol. The highest BCUT2D eigenvalue weighted by molar-refractivity contribution is 9.11. The molecule has 0 bridgehead atoms. The summed E-state index contributed by atoms with van der Waals surface area (Å²) in [5.74, 6) is 2.25. The van der Waals surface area contributed by atoms with Crippen molar-refractivity contribution >= 4 is 31.9 Å². The fourth-order valence-corrected chi connectivity index (χ4v) is 6.96. The fraction of sp³-hybridized carbons (Fsp3) is 0.667. The number of halogens is 2. The number of hydrogen-bond acceptors (Lipinski definition) is 2. The van der Waals surface area contributed by atoms with Crippen molar-refractivity contribution in [3.8, 4) is 5.75 Å². The molecule has 1 aromatic carbocycles. The van der Waals surface area contributed by atoms with E-state index in [1.165, 1.54) is 24.0 Å². The summed E-state index contributed by atoms with van der Waals surface area (Å²) in [5.41, 5.74) is 2.84. The summed E-state index contributed by atoms with van der Waals surface area (Å²) < 4.78 is 1.66. The molecular formula is C18H22Br2O2. The van der Waals surface area contributed by atoms with Crippen LogP contribution in [0, 0.1) is 17.3 Å². The molecule has 5 atom stereocenters. The van der Waals surface area contributed by atoms with Gasteiger partial charge in [-0.05, 0) is 111 Å². The standard InChI is InChI=1S/C18H22Br2O2/c1-18-7-6-9-10(13(18)4-5-15(18)21)2-3-11-12(9)8-14(19)17(22)16(11)20/h8-10,13,15,21-22H,2-7H2,1H3/t9-,10-,13+,15-,18-/m0/s1. The number of aliphatic hydroxyl groups is 1. The Hall–Kier alpha value is -0.0600. The van der Waals surface area contributed by atoms with Gasteiger partial charge in [0.15, 0.2) is 0 Å². The summed E-state index contributed by atoms with van der Waals surface area (Å²) in [6.07, 6.45) is 6.53. The third kappa shape index (κ3) is 1.99. The summed E-state index contributed by atoms with van der Waals surface area (Å²) in [5, 5.41) is 20.6. The van der Waals surface area contributed by atoms with Crippen LogP contribution >= 0.6 is 31.9 Å². The van der Waals surface area contributed by atoms with Gasteiger partial charge in [-0.15, -0.1) is 0 Å². The first kappa shape index (κ1) is 15.5. The maximum atomic E-state index is 10.4. The van der Waals surface area contributed by atoms with Gasteiger partial charge in [0, 0.05) is 0 Å². The van der Waals surface area contributed by atoms with Gasteiger partial charge >= 0.3 is 0 Å². The van der Waals surface area contributed by atoms with Gasteiger partial charge < -0.3 is 10.2 Å². The lowest BCUT2D eigenvalue weighted by Gasteiger charge is -2.50. The monoisotopic (exact) mass is 428 g/mol. The second-order valence-electron chi connectivity index (χ2n) is 7.64. The lowest BCUT2D eigenvalue weighted by molar-refractivity contribution is -0.0226. The van der Waals surface area contributed by atoms with E-state index in [0.29, 0.717) is 23.5 Å². The zero-order valence-electron chi connectivity index (χ0n) is 12.8. The zero-order chi connectivity index (χ0) is 15.6. The molecule has 0 saturated heterocycles. The van der Waals surface area contributed by atoms with Crippen LogP contribution in [0.5, 0.6) is 5.75 Å². The van der Waals surface area contributed by atoms with E-state index in [4.69, 9.17) is 0 Å². The van der Waals surface area contributed by atoms with Crippen LogP contribution < -0.4 is 0 Å². The second-order valence-corrected chi connectivity index (χ2v) is 9.29. The lowest BCUT2D eigenvalue weighted by Crippen LogP contribution is -2.44. The zero-order valence-corrected chi connectivity index (χ0v) is 16.0. The Bertz CT molecular complexity index is 630. The molecule has 1 aromatic rings. The van der Waals surface area contributed by atoms with Crippen molar-refractivity contribution in [1.29, 1.82) is 0 Å². The van der Waals surface area contributed by atoms with Gasteiger partial charge in [-0.25, -0.2) is 0 Å². The lowest BCUT2D eigenvalue weighted by atomic mass is 9.55. The number of aromatic hydroxyl groups is 1. The minimum absolute atomic E-state index is 0.113. The molecule has 2 saturated carbocycles. The van der Waals surface area contributed by atoms with Crippen LogP contribution in [-0.4, -0.2) is 16.3 Å². The van der Waals surface area contributed by atoms with Crippen molar-refractivity contribution in [2.75, 3.05) is 0 Å². The molecule has 4 rings (SSSR count). The number of rotatable bonds is 0. The molecule has 0 amide bonds. The van der Waals surface area contributed by atoms with Crippen molar-refractivity contribution in [2.24, 2.45) is 17.3 Å². The summed E-state index contributed by atoms with van der Waals surface area (Å²) >= 11 is 7.09. The van der Waals surface area contributed by atoms with Crippen LogP contribution in [-0.2, 0) is 6.42 Å². The summed E-state index contributed by atoms with van der Waals surface area (Å²) in [6.45, 7) is 2.31. The highest BCUT2D eigenvalue weighted by atomic mass is 79.9. The van der Waals surface area contributed by atoms with E-state index < -0.39 is 0 Å². The normalized spacial score (nSPS) is 40.0. The molecule has 3 aliphatic carbocycles. The molecule has 0 radical (unpaired) electrons. The first-order chi connectivity index (χ1) is 10.4. The maximum absolute atomic E-state index is 10.4. The average Bonchev–Trinajstić information content (AvgIpc) is 2.80. The topological polar surface area (TPSA) is 40.5 Å². The molecule has 0 spiro atoms. The summed E-state index contributed by atoms with van der Waals surface area (Å²) in [7, 11) is 0. The quantitative estimate of drug-likeness (QED) is 0.599. The predicted octanol–water partition coefficient (Wildman–Crippen LogP) is 5.13. The van der Waals surface area contributed by atoms with E-state index in [9.17, 15) is 10.2 Å².